The number of benzene rings is 2. The second-order valence-corrected chi connectivity index (χ2v) is 9.46. The SMILES string of the molecule is C=CC(=O)Nc1cc(Nc2cc(N3OCCC3c3cccc(Cl)c3Cl)ncn2)c(OC)cc1-n1cnc(C)c1. The lowest BCUT2D eigenvalue weighted by atomic mass is 10.0. The lowest BCUT2D eigenvalue weighted by Gasteiger charge is -2.25. The number of rotatable bonds is 8. The van der Waals surface area contributed by atoms with Gasteiger partial charge in [0, 0.05) is 24.8 Å². The van der Waals surface area contributed by atoms with Gasteiger partial charge in [0.25, 0.3) is 0 Å². The maximum atomic E-state index is 12.2. The molecule has 12 heteroatoms. The van der Waals surface area contributed by atoms with Crippen LogP contribution in [-0.2, 0) is 9.63 Å². The Hall–Kier alpha value is -4.12. The van der Waals surface area contributed by atoms with Gasteiger partial charge in [0.15, 0.2) is 5.82 Å². The molecule has 0 spiro atoms. The fourth-order valence-corrected chi connectivity index (χ4v) is 4.75. The predicted octanol–water partition coefficient (Wildman–Crippen LogP) is 6.04. The number of amides is 1. The molecule has 1 unspecified atom stereocenters. The van der Waals surface area contributed by atoms with E-state index in [9.17, 15) is 4.79 Å². The Kier molecular flexibility index (Phi) is 7.69. The summed E-state index contributed by atoms with van der Waals surface area (Å²) in [5.74, 6) is 1.19. The molecule has 1 aliphatic heterocycles. The second kappa shape index (κ2) is 11.3. The number of carbonyl (C=O) groups excluding carboxylic acids is 1. The lowest BCUT2D eigenvalue weighted by Crippen LogP contribution is -2.22. The molecule has 1 atom stereocenters. The summed E-state index contributed by atoms with van der Waals surface area (Å²) in [6.07, 6.45) is 6.86. The second-order valence-electron chi connectivity index (χ2n) is 8.68. The molecule has 0 bridgehead atoms. The molecule has 2 aromatic carbocycles. The summed E-state index contributed by atoms with van der Waals surface area (Å²) in [6, 6.07) is 10.7. The van der Waals surface area contributed by atoms with Gasteiger partial charge >= 0.3 is 0 Å². The number of nitrogens with one attached hydrogen (secondary N) is 2. The largest absolute Gasteiger partial charge is 0.494 e. The van der Waals surface area contributed by atoms with E-state index >= 15 is 0 Å². The summed E-state index contributed by atoms with van der Waals surface area (Å²) >= 11 is 12.8. The van der Waals surface area contributed by atoms with Crippen LogP contribution in [-0.4, -0.2) is 39.1 Å². The minimum Gasteiger partial charge on any atom is -0.494 e. The van der Waals surface area contributed by atoms with Gasteiger partial charge in [0.05, 0.1) is 58.9 Å². The van der Waals surface area contributed by atoms with Gasteiger partial charge in [0.2, 0.25) is 5.91 Å². The molecule has 0 aliphatic carbocycles. The highest BCUT2D eigenvalue weighted by atomic mass is 35.5. The van der Waals surface area contributed by atoms with E-state index in [0.717, 1.165) is 11.3 Å². The first-order valence-electron chi connectivity index (χ1n) is 12.0. The average molecular weight is 566 g/mol. The zero-order valence-corrected chi connectivity index (χ0v) is 22.7. The third kappa shape index (κ3) is 5.53. The quantitative estimate of drug-likeness (QED) is 0.249. The molecule has 3 heterocycles. The van der Waals surface area contributed by atoms with Crippen molar-refractivity contribution < 1.29 is 14.4 Å². The van der Waals surface area contributed by atoms with Gasteiger partial charge < -0.3 is 19.9 Å². The van der Waals surface area contributed by atoms with Crippen LogP contribution < -0.4 is 20.4 Å². The van der Waals surface area contributed by atoms with Crippen LogP contribution in [0.5, 0.6) is 5.75 Å². The third-order valence-corrected chi connectivity index (χ3v) is 6.97. The lowest BCUT2D eigenvalue weighted by molar-refractivity contribution is -0.111. The van der Waals surface area contributed by atoms with E-state index in [1.807, 2.05) is 25.3 Å². The van der Waals surface area contributed by atoms with Crippen molar-refractivity contribution in [2.75, 3.05) is 29.4 Å². The van der Waals surface area contributed by atoms with Gasteiger partial charge in [-0.2, -0.15) is 0 Å². The highest BCUT2D eigenvalue weighted by Crippen LogP contribution is 2.40. The fraction of sp³-hybridized carbons (Fsp3) is 0.185. The van der Waals surface area contributed by atoms with Gasteiger partial charge in [-0.15, -0.1) is 0 Å². The Balaban J connectivity index is 1.48. The maximum Gasteiger partial charge on any atom is 0.247 e. The normalized spacial score (nSPS) is 14.8. The molecule has 1 fully saturated rings. The van der Waals surface area contributed by atoms with Crippen molar-refractivity contribution in [1.82, 2.24) is 19.5 Å². The number of aromatic nitrogens is 4. The Morgan fingerprint density at radius 3 is 2.79 bits per heavy atom. The monoisotopic (exact) mass is 565 g/mol. The van der Waals surface area contributed by atoms with E-state index in [0.29, 0.717) is 57.5 Å². The van der Waals surface area contributed by atoms with E-state index in [2.05, 4.69) is 32.2 Å². The Labute approximate surface area is 235 Å². The molecule has 1 aliphatic rings. The van der Waals surface area contributed by atoms with Gasteiger partial charge in [-0.3, -0.25) is 9.63 Å². The van der Waals surface area contributed by atoms with Gasteiger partial charge in [-0.05, 0) is 30.7 Å². The molecule has 10 nitrogen and oxygen atoms in total. The molecule has 0 saturated carbocycles. The Morgan fingerprint density at radius 2 is 2.05 bits per heavy atom. The number of aryl methyl sites for hydroxylation is 1. The number of imidazole rings is 1. The molecule has 200 valence electrons. The third-order valence-electron chi connectivity index (χ3n) is 6.14. The summed E-state index contributed by atoms with van der Waals surface area (Å²) in [5, 5.41) is 8.79. The summed E-state index contributed by atoms with van der Waals surface area (Å²) in [5.41, 5.74) is 3.44. The Morgan fingerprint density at radius 1 is 1.21 bits per heavy atom. The van der Waals surface area contributed by atoms with Crippen molar-refractivity contribution in [2.24, 2.45) is 0 Å². The minimum atomic E-state index is -0.356. The number of nitrogens with zero attached hydrogens (tertiary/aromatic N) is 5. The summed E-state index contributed by atoms with van der Waals surface area (Å²) < 4.78 is 7.47. The fourth-order valence-electron chi connectivity index (χ4n) is 4.32. The van der Waals surface area contributed by atoms with E-state index in [1.165, 1.54) is 12.4 Å². The summed E-state index contributed by atoms with van der Waals surface area (Å²) in [7, 11) is 1.56. The van der Waals surface area contributed by atoms with Crippen LogP contribution in [0.4, 0.5) is 23.0 Å². The molecule has 0 radical (unpaired) electrons. The zero-order chi connectivity index (χ0) is 27.5. The van der Waals surface area contributed by atoms with Crippen LogP contribution >= 0.6 is 23.2 Å². The van der Waals surface area contributed by atoms with Crippen molar-refractivity contribution >= 4 is 52.1 Å². The van der Waals surface area contributed by atoms with E-state index in [1.54, 1.807) is 47.3 Å². The molecule has 2 aromatic heterocycles. The first-order valence-corrected chi connectivity index (χ1v) is 12.7. The van der Waals surface area contributed by atoms with Crippen LogP contribution in [0.3, 0.4) is 0 Å². The zero-order valence-electron chi connectivity index (χ0n) is 21.2. The van der Waals surface area contributed by atoms with Crippen LogP contribution in [0.1, 0.15) is 23.7 Å². The van der Waals surface area contributed by atoms with E-state index in [4.69, 9.17) is 32.8 Å². The van der Waals surface area contributed by atoms with Crippen molar-refractivity contribution in [1.29, 1.82) is 0 Å². The van der Waals surface area contributed by atoms with Gasteiger partial charge in [-0.1, -0.05) is 41.9 Å². The number of halogens is 2. The van der Waals surface area contributed by atoms with Crippen molar-refractivity contribution in [3.8, 4) is 11.4 Å². The smallest absolute Gasteiger partial charge is 0.247 e. The predicted molar refractivity (Wildman–Crippen MR) is 151 cm³/mol. The van der Waals surface area contributed by atoms with Gasteiger partial charge in [0.1, 0.15) is 17.9 Å². The highest BCUT2D eigenvalue weighted by molar-refractivity contribution is 6.42. The summed E-state index contributed by atoms with van der Waals surface area (Å²) in [6.45, 7) is 5.93. The van der Waals surface area contributed by atoms with Crippen LogP contribution in [0, 0.1) is 6.92 Å². The van der Waals surface area contributed by atoms with Crippen molar-refractivity contribution in [2.45, 2.75) is 19.4 Å². The van der Waals surface area contributed by atoms with E-state index in [-0.39, 0.29) is 11.9 Å². The first kappa shape index (κ1) is 26.5. The molecular weight excluding hydrogens is 541 g/mol. The number of anilines is 4. The number of hydrogen-bond acceptors (Lipinski definition) is 8. The standard InChI is InChI=1S/C27H25Cl2N7O3/c1-4-26(37)34-19-10-20(23(38-3)11-22(19)35-13-16(2)32-15-35)33-24-12-25(31-14-30-24)36-21(8-9-39-36)17-6-5-7-18(28)27(17)29/h4-7,10-15,21H,1,8-9H2,2-3H3,(H,34,37)(H,30,31,33). The topological polar surface area (TPSA) is 106 Å². The molecular formula is C27H25Cl2N7O3. The van der Waals surface area contributed by atoms with E-state index < -0.39 is 0 Å². The molecule has 1 amide bonds. The van der Waals surface area contributed by atoms with Crippen molar-refractivity contribution in [3.63, 3.8) is 0 Å². The molecule has 4 aromatic rings. The van der Waals surface area contributed by atoms with Gasteiger partial charge in [-0.25, -0.2) is 20.0 Å². The maximum absolute atomic E-state index is 12.2. The van der Waals surface area contributed by atoms with Crippen LogP contribution in [0.2, 0.25) is 10.0 Å². The minimum absolute atomic E-state index is 0.174. The molecule has 2 N–H and O–H groups in total. The first-order chi connectivity index (χ1) is 18.9. The van der Waals surface area contributed by atoms with Crippen LogP contribution in [0.15, 0.2) is 67.9 Å². The Bertz CT molecular complexity index is 1540. The molecule has 1 saturated heterocycles. The number of carbonyl (C=O) groups is 1. The molecule has 39 heavy (non-hydrogen) atoms. The number of hydroxylamine groups is 1. The van der Waals surface area contributed by atoms with Crippen molar-refractivity contribution in [3.05, 3.63) is 89.2 Å². The summed E-state index contributed by atoms with van der Waals surface area (Å²) in [4.78, 5) is 31.2. The molecule has 5 rings (SSSR count). The number of methoxy groups -OCH3 is 1. The average Bonchev–Trinajstić information content (AvgIpc) is 3.60. The van der Waals surface area contributed by atoms with Crippen LogP contribution in [0.25, 0.3) is 5.69 Å². The highest BCUT2D eigenvalue weighted by Gasteiger charge is 2.31. The number of ether oxygens (including phenoxy) is 1. The number of hydrogen-bond donors (Lipinski definition) is 2.